The summed E-state index contributed by atoms with van der Waals surface area (Å²) in [5.41, 5.74) is -2.05. The Balaban J connectivity index is 2.69. The average Bonchev–Trinajstić information content (AvgIpc) is 2.55. The van der Waals surface area contributed by atoms with Crippen LogP contribution < -0.4 is 0 Å². The van der Waals surface area contributed by atoms with Gasteiger partial charge in [-0.3, -0.25) is 9.59 Å². The van der Waals surface area contributed by atoms with E-state index in [1.807, 2.05) is 0 Å². The fourth-order valence-electron chi connectivity index (χ4n) is 2.42. The van der Waals surface area contributed by atoms with Crippen molar-refractivity contribution in [2.75, 3.05) is 0 Å². The maximum Gasteiger partial charge on any atom is 0.335 e. The first-order chi connectivity index (χ1) is 11.7. The Morgan fingerprint density at radius 2 is 0.920 bits per heavy atom. The van der Waals surface area contributed by atoms with Gasteiger partial charge in [-0.05, 0) is 58.6 Å². The van der Waals surface area contributed by atoms with Crippen LogP contribution in [0.3, 0.4) is 0 Å². The second-order valence-electron chi connectivity index (χ2n) is 5.06. The lowest BCUT2D eigenvalue weighted by molar-refractivity contribution is -0.124. The molecule has 0 saturated carbocycles. The molecule has 0 fully saturated rings. The summed E-state index contributed by atoms with van der Waals surface area (Å²) < 4.78 is 0. The Morgan fingerprint density at radius 3 is 1.12 bits per heavy atom. The maximum absolute atomic E-state index is 12.2. The molecular formula is C17H10Cl2O6. The highest BCUT2D eigenvalue weighted by Crippen LogP contribution is 2.37. The molecule has 2 aromatic rings. The van der Waals surface area contributed by atoms with Gasteiger partial charge in [0.15, 0.2) is 5.41 Å². The summed E-state index contributed by atoms with van der Waals surface area (Å²) in [5, 5.41) is 15.7. The van der Waals surface area contributed by atoms with Crippen molar-refractivity contribution >= 4 is 45.6 Å². The molecule has 0 aromatic heterocycles. The van der Waals surface area contributed by atoms with E-state index in [-0.39, 0.29) is 22.3 Å². The number of carboxylic acid groups (broad SMARTS) is 2. The molecule has 0 spiro atoms. The van der Waals surface area contributed by atoms with Crippen LogP contribution in [0.25, 0.3) is 0 Å². The summed E-state index contributed by atoms with van der Waals surface area (Å²) in [6, 6.07) is 9.86. The van der Waals surface area contributed by atoms with Crippen molar-refractivity contribution in [1.29, 1.82) is 0 Å². The lowest BCUT2D eigenvalue weighted by atomic mass is 9.76. The van der Waals surface area contributed by atoms with Gasteiger partial charge in [0.1, 0.15) is 0 Å². The molecule has 0 unspecified atom stereocenters. The molecule has 8 heteroatoms. The Morgan fingerprint density at radius 1 is 0.640 bits per heavy atom. The number of aromatic carboxylic acids is 2. The van der Waals surface area contributed by atoms with Gasteiger partial charge in [-0.25, -0.2) is 9.59 Å². The molecule has 128 valence electrons. The molecule has 0 atom stereocenters. The number of halogens is 2. The number of carbonyl (C=O) groups excluding carboxylic acids is 2. The van der Waals surface area contributed by atoms with Crippen molar-refractivity contribution in [2.24, 2.45) is 0 Å². The molecule has 0 aliphatic carbocycles. The minimum absolute atomic E-state index is 0.0529. The maximum atomic E-state index is 12.2. The van der Waals surface area contributed by atoms with Gasteiger partial charge in [-0.1, -0.05) is 24.3 Å². The molecule has 2 aromatic carbocycles. The van der Waals surface area contributed by atoms with Gasteiger partial charge in [-0.15, -0.1) is 0 Å². The third-order valence-corrected chi connectivity index (χ3v) is 4.29. The number of benzene rings is 2. The highest BCUT2D eigenvalue weighted by atomic mass is 35.5. The Kier molecular flexibility index (Phi) is 5.25. The Labute approximate surface area is 151 Å². The fourth-order valence-corrected chi connectivity index (χ4v) is 3.08. The van der Waals surface area contributed by atoms with Crippen molar-refractivity contribution in [2.45, 2.75) is 5.41 Å². The van der Waals surface area contributed by atoms with Gasteiger partial charge in [-0.2, -0.15) is 0 Å². The molecule has 0 heterocycles. The minimum Gasteiger partial charge on any atom is -0.478 e. The van der Waals surface area contributed by atoms with Gasteiger partial charge in [0.05, 0.1) is 11.1 Å². The van der Waals surface area contributed by atoms with E-state index < -0.39 is 27.8 Å². The first kappa shape index (κ1) is 18.6. The molecule has 2 N–H and O–H groups in total. The van der Waals surface area contributed by atoms with E-state index in [0.717, 1.165) is 0 Å². The predicted molar refractivity (Wildman–Crippen MR) is 89.3 cm³/mol. The van der Waals surface area contributed by atoms with Crippen LogP contribution in [0.2, 0.25) is 0 Å². The van der Waals surface area contributed by atoms with Crippen LogP contribution in [0, 0.1) is 0 Å². The van der Waals surface area contributed by atoms with Crippen molar-refractivity contribution < 1.29 is 29.4 Å². The summed E-state index contributed by atoms with van der Waals surface area (Å²) in [4.78, 5) is 46.3. The van der Waals surface area contributed by atoms with E-state index >= 15 is 0 Å². The number of hydrogen-bond donors (Lipinski definition) is 2. The number of hydrogen-bond acceptors (Lipinski definition) is 4. The zero-order valence-corrected chi connectivity index (χ0v) is 13.9. The molecule has 0 saturated heterocycles. The Hall–Kier alpha value is -2.70. The summed E-state index contributed by atoms with van der Waals surface area (Å²) >= 11 is 11.4. The lowest BCUT2D eigenvalue weighted by Crippen LogP contribution is -2.40. The smallest absolute Gasteiger partial charge is 0.335 e. The van der Waals surface area contributed by atoms with Crippen LogP contribution in [0.1, 0.15) is 31.8 Å². The third-order valence-electron chi connectivity index (χ3n) is 3.72. The number of carbonyl (C=O) groups is 4. The van der Waals surface area contributed by atoms with Gasteiger partial charge in [0.25, 0.3) is 0 Å². The first-order valence-corrected chi connectivity index (χ1v) is 7.54. The molecule has 0 bridgehead atoms. The van der Waals surface area contributed by atoms with E-state index in [9.17, 15) is 19.2 Å². The number of carboxylic acids is 2. The highest BCUT2D eigenvalue weighted by molar-refractivity contribution is 6.76. The molecule has 0 aliphatic rings. The van der Waals surface area contributed by atoms with Crippen LogP contribution in [0.15, 0.2) is 48.5 Å². The zero-order chi connectivity index (χ0) is 18.8. The second kappa shape index (κ2) is 7.04. The first-order valence-electron chi connectivity index (χ1n) is 6.78. The SMILES string of the molecule is O=C(O)c1ccc(C(C(=O)Cl)(C(=O)Cl)c2ccc(C(=O)O)cc2)cc1. The van der Waals surface area contributed by atoms with Crippen molar-refractivity contribution in [3.63, 3.8) is 0 Å². The molecule has 25 heavy (non-hydrogen) atoms. The summed E-state index contributed by atoms with van der Waals surface area (Å²) in [6.45, 7) is 0. The predicted octanol–water partition coefficient (Wildman–Crippen LogP) is 2.90. The third kappa shape index (κ3) is 3.26. The minimum atomic E-state index is -2.09. The summed E-state index contributed by atoms with van der Waals surface area (Å²) in [5.74, 6) is -2.37. The lowest BCUT2D eigenvalue weighted by Gasteiger charge is -2.27. The fraction of sp³-hybridized carbons (Fsp3) is 0.0588. The van der Waals surface area contributed by atoms with E-state index in [2.05, 4.69) is 0 Å². The van der Waals surface area contributed by atoms with Gasteiger partial charge < -0.3 is 10.2 Å². The molecule has 6 nitrogen and oxygen atoms in total. The normalized spacial score (nSPS) is 11.0. The van der Waals surface area contributed by atoms with E-state index in [1.165, 1.54) is 48.5 Å². The highest BCUT2D eigenvalue weighted by Gasteiger charge is 2.47. The molecular weight excluding hydrogens is 371 g/mol. The van der Waals surface area contributed by atoms with Gasteiger partial charge >= 0.3 is 11.9 Å². The van der Waals surface area contributed by atoms with Crippen LogP contribution in [0.4, 0.5) is 0 Å². The van der Waals surface area contributed by atoms with E-state index in [1.54, 1.807) is 0 Å². The molecule has 2 rings (SSSR count). The quantitative estimate of drug-likeness (QED) is 0.588. The monoisotopic (exact) mass is 380 g/mol. The van der Waals surface area contributed by atoms with E-state index in [0.29, 0.717) is 0 Å². The van der Waals surface area contributed by atoms with Crippen LogP contribution in [0.5, 0.6) is 0 Å². The second-order valence-corrected chi connectivity index (χ2v) is 5.75. The standard InChI is InChI=1S/C17H10Cl2O6/c18-15(24)17(16(19)25,11-5-1-9(2-6-11)13(20)21)12-7-3-10(4-8-12)14(22)23/h1-8H,(H,20,21)(H,22,23). The zero-order valence-electron chi connectivity index (χ0n) is 12.4. The number of rotatable bonds is 6. The van der Waals surface area contributed by atoms with Gasteiger partial charge in [0.2, 0.25) is 10.5 Å². The van der Waals surface area contributed by atoms with Crippen LogP contribution in [-0.4, -0.2) is 32.6 Å². The van der Waals surface area contributed by atoms with Crippen LogP contribution >= 0.6 is 23.2 Å². The van der Waals surface area contributed by atoms with Crippen molar-refractivity contribution in [3.05, 3.63) is 70.8 Å². The topological polar surface area (TPSA) is 109 Å². The van der Waals surface area contributed by atoms with Gasteiger partial charge in [0, 0.05) is 0 Å². The van der Waals surface area contributed by atoms with E-state index in [4.69, 9.17) is 33.4 Å². The molecule has 0 radical (unpaired) electrons. The Bertz CT molecular complexity index is 782. The summed E-state index contributed by atoms with van der Waals surface area (Å²) in [6.07, 6.45) is 0. The average molecular weight is 381 g/mol. The van der Waals surface area contributed by atoms with Crippen molar-refractivity contribution in [3.8, 4) is 0 Å². The largest absolute Gasteiger partial charge is 0.478 e. The van der Waals surface area contributed by atoms with Crippen LogP contribution in [-0.2, 0) is 15.0 Å². The summed E-state index contributed by atoms with van der Waals surface area (Å²) in [7, 11) is 0. The molecule has 0 amide bonds. The van der Waals surface area contributed by atoms with Crippen molar-refractivity contribution in [1.82, 2.24) is 0 Å². The molecule has 0 aliphatic heterocycles.